The summed E-state index contributed by atoms with van der Waals surface area (Å²) in [5.74, 6) is 0. The molecule has 0 unspecified atom stereocenters. The highest BCUT2D eigenvalue weighted by Gasteiger charge is 2.25. The van der Waals surface area contributed by atoms with E-state index in [0.29, 0.717) is 45.0 Å². The molecule has 2 rings (SSSR count). The lowest BCUT2D eigenvalue weighted by Crippen LogP contribution is -2.51. The summed E-state index contributed by atoms with van der Waals surface area (Å²) in [5.41, 5.74) is -0.0223. The third kappa shape index (κ3) is 8.34. The molecule has 1 aromatic rings. The van der Waals surface area contributed by atoms with Crippen molar-refractivity contribution in [3.05, 3.63) is 36.9 Å². The number of ether oxygens (including phenoxy) is 1. The Bertz CT molecular complexity index is 919. The normalized spacial score (nSPS) is 15.2. The van der Waals surface area contributed by atoms with Crippen LogP contribution in [0.4, 0.5) is 15.3 Å². The monoisotopic (exact) mass is 481 g/mol. The predicted octanol–water partition coefficient (Wildman–Crippen LogP) is 2.17. The summed E-state index contributed by atoms with van der Waals surface area (Å²) in [6, 6.07) is 5.62. The number of amides is 3. The fourth-order valence-corrected chi connectivity index (χ4v) is 4.30. The van der Waals surface area contributed by atoms with Crippen LogP contribution in [-0.2, 0) is 14.8 Å². The molecule has 33 heavy (non-hydrogen) atoms. The smallest absolute Gasteiger partial charge is 0.410 e. The number of hydrogen-bond acceptors (Lipinski definition) is 6. The number of sulfonamides is 1. The predicted molar refractivity (Wildman–Crippen MR) is 128 cm³/mol. The number of carbonyl (C=O) groups excluding carboxylic acids is 2. The third-order valence-corrected chi connectivity index (χ3v) is 6.78. The van der Waals surface area contributed by atoms with Crippen molar-refractivity contribution in [2.45, 2.75) is 31.3 Å². The maximum Gasteiger partial charge on any atom is 0.410 e. The molecule has 0 bridgehead atoms. The van der Waals surface area contributed by atoms with E-state index in [2.05, 4.69) is 22.1 Å². The molecule has 0 aliphatic carbocycles. The molecule has 11 heteroatoms. The maximum atomic E-state index is 12.4. The van der Waals surface area contributed by atoms with Gasteiger partial charge in [-0.3, -0.25) is 4.90 Å². The van der Waals surface area contributed by atoms with E-state index in [1.807, 2.05) is 20.8 Å². The average molecular weight is 482 g/mol. The fourth-order valence-electron chi connectivity index (χ4n) is 3.15. The number of carbonyl (C=O) groups is 2. The summed E-state index contributed by atoms with van der Waals surface area (Å²) >= 11 is 0. The third-order valence-electron chi connectivity index (χ3n) is 4.94. The van der Waals surface area contributed by atoms with Crippen LogP contribution in [0.5, 0.6) is 0 Å². The molecule has 0 saturated carbocycles. The molecule has 1 aliphatic rings. The molecule has 10 nitrogen and oxygen atoms in total. The molecule has 0 spiro atoms. The van der Waals surface area contributed by atoms with Gasteiger partial charge in [0.25, 0.3) is 0 Å². The number of piperazine rings is 1. The SMILES string of the molecule is C=CCN(C)S(=O)(=O)c1ccc(NC(=O)NCCN2CCN(C(=O)OC(C)(C)C)CC2)cc1. The number of anilines is 1. The van der Waals surface area contributed by atoms with Crippen molar-refractivity contribution < 1.29 is 22.7 Å². The van der Waals surface area contributed by atoms with Gasteiger partial charge in [0.2, 0.25) is 10.0 Å². The molecule has 3 amide bonds. The van der Waals surface area contributed by atoms with Gasteiger partial charge in [0.05, 0.1) is 4.90 Å². The van der Waals surface area contributed by atoms with Crippen LogP contribution in [0.2, 0.25) is 0 Å². The van der Waals surface area contributed by atoms with E-state index < -0.39 is 15.6 Å². The highest BCUT2D eigenvalue weighted by molar-refractivity contribution is 7.89. The first-order valence-corrected chi connectivity index (χ1v) is 12.3. The molecule has 0 atom stereocenters. The van der Waals surface area contributed by atoms with Crippen LogP contribution in [0.1, 0.15) is 20.8 Å². The lowest BCUT2D eigenvalue weighted by molar-refractivity contribution is 0.0147. The Morgan fingerprint density at radius 2 is 1.76 bits per heavy atom. The van der Waals surface area contributed by atoms with Crippen LogP contribution in [-0.4, -0.2) is 93.1 Å². The minimum atomic E-state index is -3.60. The fraction of sp³-hybridized carbons (Fsp3) is 0.545. The van der Waals surface area contributed by atoms with Gasteiger partial charge in [0.15, 0.2) is 0 Å². The molecular formula is C22H35N5O5S. The number of likely N-dealkylation sites (N-methyl/N-ethyl adjacent to an activating group) is 1. The van der Waals surface area contributed by atoms with Crippen molar-refractivity contribution in [2.24, 2.45) is 0 Å². The molecule has 0 aromatic heterocycles. The number of rotatable bonds is 8. The van der Waals surface area contributed by atoms with E-state index >= 15 is 0 Å². The summed E-state index contributed by atoms with van der Waals surface area (Å²) in [6.07, 6.45) is 1.21. The summed E-state index contributed by atoms with van der Waals surface area (Å²) < 4.78 is 31.4. The molecule has 1 aromatic carbocycles. The number of nitrogens with zero attached hydrogens (tertiary/aromatic N) is 3. The maximum absolute atomic E-state index is 12.4. The van der Waals surface area contributed by atoms with Crippen LogP contribution < -0.4 is 10.6 Å². The van der Waals surface area contributed by atoms with Crippen molar-refractivity contribution in [2.75, 3.05) is 58.2 Å². The summed E-state index contributed by atoms with van der Waals surface area (Å²) in [6.45, 7) is 13.0. The first-order valence-electron chi connectivity index (χ1n) is 10.8. The summed E-state index contributed by atoms with van der Waals surface area (Å²) in [7, 11) is -2.12. The molecule has 1 aliphatic heterocycles. The van der Waals surface area contributed by atoms with Gasteiger partial charge in [-0.25, -0.2) is 18.0 Å². The lowest BCUT2D eigenvalue weighted by atomic mass is 10.2. The summed E-state index contributed by atoms with van der Waals surface area (Å²) in [5, 5.41) is 5.48. The minimum absolute atomic E-state index is 0.142. The Balaban J connectivity index is 1.73. The second kappa shape index (κ2) is 11.5. The standard InChI is InChI=1S/C22H35N5O5S/c1-6-12-25(5)33(30,31)19-9-7-18(8-10-19)24-20(28)23-11-13-26-14-16-27(17-15-26)21(29)32-22(2,3)4/h6-10H,1,11-17H2,2-5H3,(H2,23,24,28). The highest BCUT2D eigenvalue weighted by atomic mass is 32.2. The van der Waals surface area contributed by atoms with Crippen molar-refractivity contribution >= 4 is 27.8 Å². The Hall–Kier alpha value is -2.63. The minimum Gasteiger partial charge on any atom is -0.444 e. The zero-order valence-electron chi connectivity index (χ0n) is 19.8. The number of hydrogen-bond donors (Lipinski definition) is 2. The van der Waals surface area contributed by atoms with Crippen LogP contribution in [0.15, 0.2) is 41.8 Å². The Kier molecular flexibility index (Phi) is 9.26. The number of urea groups is 1. The van der Waals surface area contributed by atoms with Crippen LogP contribution in [0.25, 0.3) is 0 Å². The van der Waals surface area contributed by atoms with E-state index in [1.165, 1.54) is 29.6 Å². The van der Waals surface area contributed by atoms with Crippen molar-refractivity contribution in [1.29, 1.82) is 0 Å². The largest absolute Gasteiger partial charge is 0.444 e. The van der Waals surface area contributed by atoms with Crippen LogP contribution in [0.3, 0.4) is 0 Å². The van der Waals surface area contributed by atoms with Crippen LogP contribution >= 0.6 is 0 Å². The number of benzene rings is 1. The van der Waals surface area contributed by atoms with Gasteiger partial charge in [0, 0.05) is 58.5 Å². The Labute approximate surface area is 196 Å². The molecule has 1 fully saturated rings. The van der Waals surface area contributed by atoms with E-state index in [1.54, 1.807) is 17.0 Å². The Morgan fingerprint density at radius 3 is 2.30 bits per heavy atom. The molecular weight excluding hydrogens is 446 g/mol. The van der Waals surface area contributed by atoms with Gasteiger partial charge in [-0.2, -0.15) is 4.31 Å². The summed E-state index contributed by atoms with van der Waals surface area (Å²) in [4.78, 5) is 28.3. The van der Waals surface area contributed by atoms with Gasteiger partial charge < -0.3 is 20.3 Å². The number of nitrogens with one attached hydrogen (secondary N) is 2. The van der Waals surface area contributed by atoms with E-state index in [9.17, 15) is 18.0 Å². The topological polar surface area (TPSA) is 111 Å². The van der Waals surface area contributed by atoms with Gasteiger partial charge in [0.1, 0.15) is 5.60 Å². The Morgan fingerprint density at radius 1 is 1.15 bits per heavy atom. The lowest BCUT2D eigenvalue weighted by Gasteiger charge is -2.35. The van der Waals surface area contributed by atoms with Gasteiger partial charge in [-0.05, 0) is 45.0 Å². The van der Waals surface area contributed by atoms with E-state index in [-0.39, 0.29) is 23.6 Å². The average Bonchev–Trinajstić information content (AvgIpc) is 2.73. The zero-order valence-corrected chi connectivity index (χ0v) is 20.7. The molecule has 1 saturated heterocycles. The van der Waals surface area contributed by atoms with Gasteiger partial charge in [-0.15, -0.1) is 6.58 Å². The van der Waals surface area contributed by atoms with Crippen molar-refractivity contribution in [1.82, 2.24) is 19.4 Å². The van der Waals surface area contributed by atoms with Crippen molar-refractivity contribution in [3.8, 4) is 0 Å². The van der Waals surface area contributed by atoms with E-state index in [0.717, 1.165) is 0 Å². The molecule has 1 heterocycles. The van der Waals surface area contributed by atoms with Gasteiger partial charge in [-0.1, -0.05) is 6.08 Å². The second-order valence-electron chi connectivity index (χ2n) is 8.79. The van der Waals surface area contributed by atoms with E-state index in [4.69, 9.17) is 4.74 Å². The second-order valence-corrected chi connectivity index (χ2v) is 10.8. The van der Waals surface area contributed by atoms with Gasteiger partial charge >= 0.3 is 12.1 Å². The molecule has 0 radical (unpaired) electrons. The first kappa shape index (κ1) is 26.6. The zero-order chi connectivity index (χ0) is 24.6. The molecule has 184 valence electrons. The quantitative estimate of drug-likeness (QED) is 0.551. The van der Waals surface area contributed by atoms with Crippen molar-refractivity contribution in [3.63, 3.8) is 0 Å². The highest BCUT2D eigenvalue weighted by Crippen LogP contribution is 2.17. The first-order chi connectivity index (χ1) is 15.4. The van der Waals surface area contributed by atoms with Crippen LogP contribution in [0, 0.1) is 0 Å². The molecule has 2 N–H and O–H groups in total.